The molecule has 0 fully saturated rings. The maximum atomic E-state index is 13.1. The lowest BCUT2D eigenvalue weighted by Gasteiger charge is -2.10. The fourth-order valence-electron chi connectivity index (χ4n) is 2.19. The van der Waals surface area contributed by atoms with Gasteiger partial charge in [-0.05, 0) is 43.7 Å². The van der Waals surface area contributed by atoms with Crippen LogP contribution in [0.25, 0.3) is 0 Å². The second-order valence-corrected chi connectivity index (χ2v) is 7.36. The number of aryl methyl sites for hydroxylation is 2. The van der Waals surface area contributed by atoms with Crippen LogP contribution in [0.2, 0.25) is 0 Å². The molecule has 134 valence electrons. The van der Waals surface area contributed by atoms with Crippen LogP contribution in [-0.4, -0.2) is 20.9 Å². The van der Waals surface area contributed by atoms with E-state index in [-0.39, 0.29) is 18.9 Å². The number of amides is 1. The highest BCUT2D eigenvalue weighted by Gasteiger charge is 2.16. The highest BCUT2D eigenvalue weighted by atomic mass is 32.2. The van der Waals surface area contributed by atoms with Gasteiger partial charge in [0, 0.05) is 18.7 Å². The molecule has 0 radical (unpaired) electrons. The average Bonchev–Trinajstić information content (AvgIpc) is 2.52. The number of rotatable bonds is 6. The number of benzene rings is 2. The maximum Gasteiger partial charge on any atom is 0.240 e. The zero-order chi connectivity index (χ0) is 18.6. The molecule has 2 aromatic carbocycles. The van der Waals surface area contributed by atoms with Gasteiger partial charge in [0.05, 0.1) is 4.90 Å². The SMILES string of the molecule is Cc1ccc(NC(=O)CCNS(=O)(=O)c2ccc(F)c(F)c2)c(C)c1. The number of sulfonamides is 1. The summed E-state index contributed by atoms with van der Waals surface area (Å²) in [6, 6.07) is 7.82. The van der Waals surface area contributed by atoms with Crippen molar-refractivity contribution in [2.24, 2.45) is 0 Å². The zero-order valence-electron chi connectivity index (χ0n) is 13.8. The normalized spacial score (nSPS) is 11.4. The molecule has 8 heteroatoms. The maximum absolute atomic E-state index is 13.1. The van der Waals surface area contributed by atoms with Gasteiger partial charge in [-0.25, -0.2) is 21.9 Å². The van der Waals surface area contributed by atoms with Crippen molar-refractivity contribution in [3.63, 3.8) is 0 Å². The molecular formula is C17H18F2N2O3S. The molecular weight excluding hydrogens is 350 g/mol. The monoisotopic (exact) mass is 368 g/mol. The van der Waals surface area contributed by atoms with Gasteiger partial charge < -0.3 is 5.32 Å². The highest BCUT2D eigenvalue weighted by Crippen LogP contribution is 2.16. The summed E-state index contributed by atoms with van der Waals surface area (Å²) in [6.07, 6.45) is -0.101. The summed E-state index contributed by atoms with van der Waals surface area (Å²) < 4.78 is 52.2. The third-order valence-corrected chi connectivity index (χ3v) is 4.96. The van der Waals surface area contributed by atoms with Crippen LogP contribution in [0, 0.1) is 25.5 Å². The molecule has 0 heterocycles. The Morgan fingerprint density at radius 1 is 1.04 bits per heavy atom. The van der Waals surface area contributed by atoms with E-state index in [1.165, 1.54) is 0 Å². The van der Waals surface area contributed by atoms with E-state index in [0.717, 1.165) is 23.3 Å². The minimum Gasteiger partial charge on any atom is -0.326 e. The zero-order valence-corrected chi connectivity index (χ0v) is 14.6. The molecule has 2 aromatic rings. The van der Waals surface area contributed by atoms with Crippen LogP contribution in [0.1, 0.15) is 17.5 Å². The quantitative estimate of drug-likeness (QED) is 0.823. The predicted molar refractivity (Wildman–Crippen MR) is 90.7 cm³/mol. The number of carbonyl (C=O) groups excluding carboxylic acids is 1. The predicted octanol–water partition coefficient (Wildman–Crippen LogP) is 2.89. The van der Waals surface area contributed by atoms with Crippen LogP contribution in [0.3, 0.4) is 0 Å². The molecule has 0 saturated carbocycles. The van der Waals surface area contributed by atoms with E-state index >= 15 is 0 Å². The van der Waals surface area contributed by atoms with Gasteiger partial charge in [0.2, 0.25) is 15.9 Å². The van der Waals surface area contributed by atoms with Crippen molar-refractivity contribution in [2.75, 3.05) is 11.9 Å². The molecule has 1 amide bonds. The van der Waals surface area contributed by atoms with Gasteiger partial charge >= 0.3 is 0 Å². The summed E-state index contributed by atoms with van der Waals surface area (Å²) in [7, 11) is -4.02. The first kappa shape index (κ1) is 19.0. The van der Waals surface area contributed by atoms with Crippen molar-refractivity contribution >= 4 is 21.6 Å². The van der Waals surface area contributed by atoms with Crippen molar-refractivity contribution in [1.29, 1.82) is 0 Å². The Hall–Kier alpha value is -2.32. The third kappa shape index (κ3) is 5.07. The van der Waals surface area contributed by atoms with E-state index < -0.39 is 26.6 Å². The third-order valence-electron chi connectivity index (χ3n) is 3.50. The number of halogens is 2. The van der Waals surface area contributed by atoms with Crippen LogP contribution in [0.15, 0.2) is 41.3 Å². The van der Waals surface area contributed by atoms with Gasteiger partial charge in [-0.1, -0.05) is 17.7 Å². The molecule has 0 aliphatic rings. The summed E-state index contributed by atoms with van der Waals surface area (Å²) in [5.74, 6) is -2.75. The lowest BCUT2D eigenvalue weighted by molar-refractivity contribution is -0.116. The second kappa shape index (κ2) is 7.71. The summed E-state index contributed by atoms with van der Waals surface area (Å²) in [4.78, 5) is 11.5. The lowest BCUT2D eigenvalue weighted by Crippen LogP contribution is -2.28. The number of carbonyl (C=O) groups is 1. The Morgan fingerprint density at radius 2 is 1.76 bits per heavy atom. The van der Waals surface area contributed by atoms with Crippen molar-refractivity contribution in [2.45, 2.75) is 25.2 Å². The van der Waals surface area contributed by atoms with E-state index in [9.17, 15) is 22.0 Å². The van der Waals surface area contributed by atoms with Gasteiger partial charge in [-0.3, -0.25) is 4.79 Å². The Morgan fingerprint density at radius 3 is 2.40 bits per heavy atom. The molecule has 0 saturated heterocycles. The lowest BCUT2D eigenvalue weighted by atomic mass is 10.1. The van der Waals surface area contributed by atoms with Gasteiger partial charge in [-0.15, -0.1) is 0 Å². The Labute approximate surface area is 145 Å². The molecule has 0 aliphatic carbocycles. The molecule has 0 atom stereocenters. The number of nitrogens with one attached hydrogen (secondary N) is 2. The van der Waals surface area contributed by atoms with Crippen LogP contribution in [-0.2, 0) is 14.8 Å². The Bertz CT molecular complexity index is 899. The van der Waals surface area contributed by atoms with Crippen LogP contribution < -0.4 is 10.0 Å². The van der Waals surface area contributed by atoms with Gasteiger partial charge in [0.15, 0.2) is 11.6 Å². The molecule has 0 aliphatic heterocycles. The molecule has 25 heavy (non-hydrogen) atoms. The fraction of sp³-hybridized carbons (Fsp3) is 0.235. The molecule has 0 spiro atoms. The minimum absolute atomic E-state index is 0.101. The molecule has 0 bridgehead atoms. The minimum atomic E-state index is -4.02. The van der Waals surface area contributed by atoms with Gasteiger partial charge in [0.1, 0.15) is 0 Å². The Balaban J connectivity index is 1.92. The van der Waals surface area contributed by atoms with E-state index in [2.05, 4.69) is 10.0 Å². The first-order valence-corrected chi connectivity index (χ1v) is 8.99. The van der Waals surface area contributed by atoms with E-state index in [0.29, 0.717) is 11.8 Å². The first-order chi connectivity index (χ1) is 11.7. The second-order valence-electron chi connectivity index (χ2n) is 5.59. The van der Waals surface area contributed by atoms with Gasteiger partial charge in [-0.2, -0.15) is 0 Å². The van der Waals surface area contributed by atoms with Crippen molar-refractivity contribution in [1.82, 2.24) is 4.72 Å². The average molecular weight is 368 g/mol. The molecule has 0 aromatic heterocycles. The molecule has 2 N–H and O–H groups in total. The van der Waals surface area contributed by atoms with Crippen molar-refractivity contribution in [3.05, 3.63) is 59.2 Å². The Kier molecular flexibility index (Phi) is 5.86. The fourth-order valence-corrected chi connectivity index (χ4v) is 3.24. The summed E-state index contributed by atoms with van der Waals surface area (Å²) in [5, 5.41) is 2.70. The first-order valence-electron chi connectivity index (χ1n) is 7.51. The number of hydrogen-bond acceptors (Lipinski definition) is 3. The standard InChI is InChI=1S/C17H18F2N2O3S/c1-11-3-6-16(12(2)9-11)21-17(22)7-8-20-25(23,24)13-4-5-14(18)15(19)10-13/h3-6,9-10,20H,7-8H2,1-2H3,(H,21,22). The van der Waals surface area contributed by atoms with Crippen LogP contribution in [0.4, 0.5) is 14.5 Å². The van der Waals surface area contributed by atoms with Crippen molar-refractivity contribution in [3.8, 4) is 0 Å². The molecule has 5 nitrogen and oxygen atoms in total. The topological polar surface area (TPSA) is 75.3 Å². The molecule has 0 unspecified atom stereocenters. The van der Waals surface area contributed by atoms with Crippen LogP contribution >= 0.6 is 0 Å². The number of hydrogen-bond donors (Lipinski definition) is 2. The van der Waals surface area contributed by atoms with Gasteiger partial charge in [0.25, 0.3) is 0 Å². The van der Waals surface area contributed by atoms with Crippen LogP contribution in [0.5, 0.6) is 0 Å². The number of anilines is 1. The molecule has 2 rings (SSSR count). The summed E-state index contributed by atoms with van der Waals surface area (Å²) in [5.41, 5.74) is 2.62. The van der Waals surface area contributed by atoms with Crippen molar-refractivity contribution < 1.29 is 22.0 Å². The van der Waals surface area contributed by atoms with E-state index in [4.69, 9.17) is 0 Å². The highest BCUT2D eigenvalue weighted by molar-refractivity contribution is 7.89. The van der Waals surface area contributed by atoms with E-state index in [1.54, 1.807) is 6.07 Å². The summed E-state index contributed by atoms with van der Waals surface area (Å²) >= 11 is 0. The largest absolute Gasteiger partial charge is 0.326 e. The van der Waals surface area contributed by atoms with E-state index in [1.807, 2.05) is 26.0 Å². The summed E-state index contributed by atoms with van der Waals surface area (Å²) in [6.45, 7) is 3.62. The smallest absolute Gasteiger partial charge is 0.240 e.